The highest BCUT2D eigenvalue weighted by atomic mass is 16.1. The Kier molecular flexibility index (Phi) is 7.58. The average molecular weight is 264 g/mol. The van der Waals surface area contributed by atoms with Crippen molar-refractivity contribution in [2.75, 3.05) is 32.0 Å². The highest BCUT2D eigenvalue weighted by Crippen LogP contribution is 2.03. The number of carbonyl (C=O) groups excluding carboxylic acids is 1. The molecular formula is C14H24N4O. The Morgan fingerprint density at radius 3 is 2.74 bits per heavy atom. The minimum absolute atomic E-state index is 0.128. The van der Waals surface area contributed by atoms with Gasteiger partial charge in [0, 0.05) is 25.7 Å². The Morgan fingerprint density at radius 1 is 1.21 bits per heavy atom. The summed E-state index contributed by atoms with van der Waals surface area (Å²) in [5, 5.41) is 9.16. The molecule has 5 nitrogen and oxygen atoms in total. The molecule has 1 amide bonds. The quantitative estimate of drug-likeness (QED) is 0.588. The lowest BCUT2D eigenvalue weighted by Gasteiger charge is -2.07. The molecule has 5 heteroatoms. The van der Waals surface area contributed by atoms with Crippen LogP contribution in [0, 0.1) is 6.92 Å². The number of nitrogens with one attached hydrogen (secondary N) is 3. The molecule has 19 heavy (non-hydrogen) atoms. The van der Waals surface area contributed by atoms with E-state index in [1.807, 2.05) is 32.3 Å². The van der Waals surface area contributed by atoms with Crippen molar-refractivity contribution in [2.45, 2.75) is 26.2 Å². The number of hydrogen-bond donors (Lipinski definition) is 3. The van der Waals surface area contributed by atoms with Gasteiger partial charge in [0.25, 0.3) is 0 Å². The maximum absolute atomic E-state index is 11.4. The number of carbonyl (C=O) groups is 1. The van der Waals surface area contributed by atoms with E-state index in [-0.39, 0.29) is 5.91 Å². The summed E-state index contributed by atoms with van der Waals surface area (Å²) >= 11 is 0. The van der Waals surface area contributed by atoms with E-state index in [2.05, 4.69) is 20.9 Å². The van der Waals surface area contributed by atoms with E-state index in [0.717, 1.165) is 37.3 Å². The molecule has 0 saturated carbocycles. The first-order valence-electron chi connectivity index (χ1n) is 6.80. The minimum Gasteiger partial charge on any atom is -0.370 e. The zero-order valence-corrected chi connectivity index (χ0v) is 11.8. The standard InChI is InChI=1S/C14H24N4O/c1-12-6-7-13(18-11-12)16-9-4-10-17-14(19)5-3-8-15-2/h6-7,11,15H,3-5,8-10H2,1-2H3,(H,16,18)(H,17,19). The number of nitrogens with zero attached hydrogens (tertiary/aromatic N) is 1. The van der Waals surface area contributed by atoms with E-state index < -0.39 is 0 Å². The van der Waals surface area contributed by atoms with Crippen molar-refractivity contribution in [2.24, 2.45) is 0 Å². The minimum atomic E-state index is 0.128. The molecule has 3 N–H and O–H groups in total. The van der Waals surface area contributed by atoms with Crippen LogP contribution in [0.3, 0.4) is 0 Å². The van der Waals surface area contributed by atoms with Gasteiger partial charge < -0.3 is 16.0 Å². The van der Waals surface area contributed by atoms with E-state index in [9.17, 15) is 4.79 Å². The van der Waals surface area contributed by atoms with Gasteiger partial charge in [0.15, 0.2) is 0 Å². The molecule has 1 rings (SSSR count). The molecule has 0 aliphatic heterocycles. The molecule has 1 aromatic rings. The first-order valence-corrected chi connectivity index (χ1v) is 6.80. The summed E-state index contributed by atoms with van der Waals surface area (Å²) in [6, 6.07) is 3.99. The van der Waals surface area contributed by atoms with Crippen molar-refractivity contribution in [1.29, 1.82) is 0 Å². The van der Waals surface area contributed by atoms with Crippen LogP contribution in [0.2, 0.25) is 0 Å². The zero-order valence-electron chi connectivity index (χ0n) is 11.8. The first kappa shape index (κ1) is 15.4. The topological polar surface area (TPSA) is 66.1 Å². The molecular weight excluding hydrogens is 240 g/mol. The van der Waals surface area contributed by atoms with E-state index in [4.69, 9.17) is 0 Å². The highest BCUT2D eigenvalue weighted by molar-refractivity contribution is 5.75. The Hall–Kier alpha value is -1.62. The lowest BCUT2D eigenvalue weighted by Crippen LogP contribution is -2.26. The summed E-state index contributed by atoms with van der Waals surface area (Å²) in [6.45, 7) is 4.42. The molecule has 0 aromatic carbocycles. The highest BCUT2D eigenvalue weighted by Gasteiger charge is 1.99. The monoisotopic (exact) mass is 264 g/mol. The second kappa shape index (κ2) is 9.33. The van der Waals surface area contributed by atoms with Crippen molar-refractivity contribution in [3.63, 3.8) is 0 Å². The predicted molar refractivity (Wildman–Crippen MR) is 78.3 cm³/mol. The van der Waals surface area contributed by atoms with E-state index in [1.165, 1.54) is 0 Å². The fourth-order valence-electron chi connectivity index (χ4n) is 1.62. The third kappa shape index (κ3) is 7.41. The lowest BCUT2D eigenvalue weighted by atomic mass is 10.3. The zero-order chi connectivity index (χ0) is 13.9. The molecule has 0 radical (unpaired) electrons. The van der Waals surface area contributed by atoms with Crippen LogP contribution in [0.1, 0.15) is 24.8 Å². The summed E-state index contributed by atoms with van der Waals surface area (Å²) in [6.07, 6.45) is 4.21. The number of amides is 1. The van der Waals surface area contributed by atoms with Crippen molar-refractivity contribution in [1.82, 2.24) is 15.6 Å². The van der Waals surface area contributed by atoms with Gasteiger partial charge in [-0.1, -0.05) is 6.07 Å². The molecule has 0 atom stereocenters. The number of pyridine rings is 1. The second-order valence-electron chi connectivity index (χ2n) is 4.56. The third-order valence-electron chi connectivity index (χ3n) is 2.72. The molecule has 1 aromatic heterocycles. The van der Waals surface area contributed by atoms with Gasteiger partial charge in [-0.25, -0.2) is 4.98 Å². The lowest BCUT2D eigenvalue weighted by molar-refractivity contribution is -0.121. The Morgan fingerprint density at radius 2 is 2.05 bits per heavy atom. The van der Waals surface area contributed by atoms with Crippen LogP contribution in [0.15, 0.2) is 18.3 Å². The average Bonchev–Trinajstić information content (AvgIpc) is 2.41. The van der Waals surface area contributed by atoms with Crippen LogP contribution in [-0.2, 0) is 4.79 Å². The van der Waals surface area contributed by atoms with Crippen molar-refractivity contribution in [3.05, 3.63) is 23.9 Å². The van der Waals surface area contributed by atoms with Crippen molar-refractivity contribution >= 4 is 11.7 Å². The fourth-order valence-corrected chi connectivity index (χ4v) is 1.62. The third-order valence-corrected chi connectivity index (χ3v) is 2.72. The summed E-state index contributed by atoms with van der Waals surface area (Å²) in [7, 11) is 1.89. The Balaban J connectivity index is 2.01. The van der Waals surface area contributed by atoms with Gasteiger partial charge in [-0.15, -0.1) is 0 Å². The van der Waals surface area contributed by atoms with E-state index in [1.54, 1.807) is 0 Å². The fraction of sp³-hybridized carbons (Fsp3) is 0.571. The molecule has 0 unspecified atom stereocenters. The maximum Gasteiger partial charge on any atom is 0.220 e. The van der Waals surface area contributed by atoms with Crippen molar-refractivity contribution < 1.29 is 4.79 Å². The molecule has 0 saturated heterocycles. The Labute approximate surface area is 115 Å². The molecule has 1 heterocycles. The van der Waals surface area contributed by atoms with Crippen LogP contribution in [0.5, 0.6) is 0 Å². The molecule has 106 valence electrons. The molecule has 0 aliphatic carbocycles. The normalized spacial score (nSPS) is 10.2. The summed E-state index contributed by atoms with van der Waals surface area (Å²) in [5.74, 6) is 1.01. The summed E-state index contributed by atoms with van der Waals surface area (Å²) < 4.78 is 0. The van der Waals surface area contributed by atoms with Gasteiger partial charge in [0.2, 0.25) is 5.91 Å². The SMILES string of the molecule is CNCCCC(=O)NCCCNc1ccc(C)cn1. The summed E-state index contributed by atoms with van der Waals surface area (Å²) in [4.78, 5) is 15.7. The van der Waals surface area contributed by atoms with Crippen LogP contribution >= 0.6 is 0 Å². The number of aromatic nitrogens is 1. The van der Waals surface area contributed by atoms with Gasteiger partial charge in [0.05, 0.1) is 0 Å². The van der Waals surface area contributed by atoms with E-state index in [0.29, 0.717) is 13.0 Å². The largest absolute Gasteiger partial charge is 0.370 e. The maximum atomic E-state index is 11.4. The number of aryl methyl sites for hydroxylation is 1. The number of hydrogen-bond acceptors (Lipinski definition) is 4. The molecule has 0 spiro atoms. The Bertz CT molecular complexity index is 364. The van der Waals surface area contributed by atoms with Gasteiger partial charge in [-0.2, -0.15) is 0 Å². The van der Waals surface area contributed by atoms with Crippen LogP contribution in [-0.4, -0.2) is 37.6 Å². The van der Waals surface area contributed by atoms with Gasteiger partial charge in [0.1, 0.15) is 5.82 Å². The number of anilines is 1. The smallest absolute Gasteiger partial charge is 0.220 e. The van der Waals surface area contributed by atoms with Crippen molar-refractivity contribution in [3.8, 4) is 0 Å². The van der Waals surface area contributed by atoms with Crippen LogP contribution < -0.4 is 16.0 Å². The van der Waals surface area contributed by atoms with Gasteiger partial charge >= 0.3 is 0 Å². The number of rotatable bonds is 9. The van der Waals surface area contributed by atoms with Crippen LogP contribution in [0.4, 0.5) is 5.82 Å². The van der Waals surface area contributed by atoms with Crippen LogP contribution in [0.25, 0.3) is 0 Å². The van der Waals surface area contributed by atoms with E-state index >= 15 is 0 Å². The predicted octanol–water partition coefficient (Wildman–Crippen LogP) is 1.31. The van der Waals surface area contributed by atoms with Gasteiger partial charge in [-0.3, -0.25) is 4.79 Å². The van der Waals surface area contributed by atoms with Gasteiger partial charge in [-0.05, 0) is 45.0 Å². The molecule has 0 bridgehead atoms. The molecule has 0 fully saturated rings. The first-order chi connectivity index (χ1) is 9.22. The molecule has 0 aliphatic rings. The summed E-state index contributed by atoms with van der Waals surface area (Å²) in [5.41, 5.74) is 1.15. The second-order valence-corrected chi connectivity index (χ2v) is 4.56.